The lowest BCUT2D eigenvalue weighted by Crippen LogP contribution is -2.51. The number of nitrogens with zero attached hydrogens (tertiary/aromatic N) is 3. The molecule has 0 radical (unpaired) electrons. The van der Waals surface area contributed by atoms with Gasteiger partial charge in [-0.15, -0.1) is 0 Å². The van der Waals surface area contributed by atoms with Gasteiger partial charge in [-0.05, 0) is 48.7 Å². The highest BCUT2D eigenvalue weighted by Crippen LogP contribution is 2.42. The fraction of sp³-hybridized carbons (Fsp3) is 0.435. The number of amides is 1. The van der Waals surface area contributed by atoms with E-state index in [9.17, 15) is 13.6 Å². The molecule has 8 heteroatoms. The van der Waals surface area contributed by atoms with Crippen LogP contribution in [0, 0.1) is 0 Å². The quantitative estimate of drug-likeness (QED) is 0.619. The van der Waals surface area contributed by atoms with Gasteiger partial charge in [0.05, 0.1) is 24.0 Å². The van der Waals surface area contributed by atoms with E-state index in [-0.39, 0.29) is 12.5 Å². The van der Waals surface area contributed by atoms with Crippen molar-refractivity contribution < 1.29 is 13.6 Å². The standard InChI is InChI=1S/C23H23Cl2F2N3O/c24-16-5-8-18(25)15(11-16)13-28-14-23(26,27)12-21(28)22(31)30-10-9-29(17-6-7-17)19-3-1-2-4-20(19)30/h1-5,8,11,17,21H,6-7,9-10,12-14H2/t21-/m0/s1. The van der Waals surface area contributed by atoms with Crippen LogP contribution in [0.2, 0.25) is 10.0 Å². The van der Waals surface area contributed by atoms with Crippen molar-refractivity contribution in [2.45, 2.75) is 43.8 Å². The van der Waals surface area contributed by atoms with E-state index in [0.29, 0.717) is 28.2 Å². The first kappa shape index (κ1) is 21.0. The van der Waals surface area contributed by atoms with Gasteiger partial charge in [0.2, 0.25) is 5.91 Å². The van der Waals surface area contributed by atoms with Crippen LogP contribution in [-0.2, 0) is 11.3 Å². The zero-order valence-electron chi connectivity index (χ0n) is 16.9. The highest BCUT2D eigenvalue weighted by molar-refractivity contribution is 6.33. The third kappa shape index (κ3) is 4.13. The molecule has 5 rings (SSSR count). The molecule has 1 saturated carbocycles. The van der Waals surface area contributed by atoms with Crippen molar-refractivity contribution in [1.29, 1.82) is 0 Å². The summed E-state index contributed by atoms with van der Waals surface area (Å²) in [6.07, 6.45) is 1.83. The van der Waals surface area contributed by atoms with Crippen molar-refractivity contribution in [3.8, 4) is 0 Å². The summed E-state index contributed by atoms with van der Waals surface area (Å²) in [5.74, 6) is -3.21. The van der Waals surface area contributed by atoms with Crippen molar-refractivity contribution in [1.82, 2.24) is 4.90 Å². The Balaban J connectivity index is 1.42. The van der Waals surface area contributed by atoms with E-state index in [2.05, 4.69) is 4.90 Å². The molecule has 4 nitrogen and oxygen atoms in total. The average Bonchev–Trinajstić information content (AvgIpc) is 3.53. The zero-order chi connectivity index (χ0) is 21.8. The highest BCUT2D eigenvalue weighted by atomic mass is 35.5. The Labute approximate surface area is 190 Å². The molecule has 2 aliphatic heterocycles. The monoisotopic (exact) mass is 465 g/mol. The molecular weight excluding hydrogens is 443 g/mol. The highest BCUT2D eigenvalue weighted by Gasteiger charge is 2.50. The van der Waals surface area contributed by atoms with Crippen LogP contribution in [0.3, 0.4) is 0 Å². The molecule has 0 spiro atoms. The molecule has 1 saturated heterocycles. The SMILES string of the molecule is O=C([C@@H]1CC(F)(F)CN1Cc1cc(Cl)ccc1Cl)N1CCN(C2CC2)c2ccccc21. The molecule has 2 aromatic rings. The van der Waals surface area contributed by atoms with Gasteiger partial charge in [0, 0.05) is 42.1 Å². The molecule has 1 aliphatic carbocycles. The van der Waals surface area contributed by atoms with Crippen molar-refractivity contribution >= 4 is 40.5 Å². The number of anilines is 2. The lowest BCUT2D eigenvalue weighted by molar-refractivity contribution is -0.123. The maximum atomic E-state index is 14.4. The predicted molar refractivity (Wildman–Crippen MR) is 119 cm³/mol. The molecule has 164 valence electrons. The number of para-hydroxylation sites is 2. The van der Waals surface area contributed by atoms with Crippen LogP contribution >= 0.6 is 23.2 Å². The molecular formula is C23H23Cl2F2N3O. The van der Waals surface area contributed by atoms with Crippen LogP contribution in [-0.4, -0.2) is 48.4 Å². The van der Waals surface area contributed by atoms with Crippen LogP contribution < -0.4 is 9.80 Å². The van der Waals surface area contributed by atoms with Crippen LogP contribution in [0.4, 0.5) is 20.2 Å². The molecule has 1 amide bonds. The van der Waals surface area contributed by atoms with Crippen LogP contribution in [0.1, 0.15) is 24.8 Å². The van der Waals surface area contributed by atoms with Gasteiger partial charge in [0.25, 0.3) is 5.92 Å². The normalized spacial score (nSPS) is 23.2. The number of halogens is 4. The number of likely N-dealkylation sites (tertiary alicyclic amines) is 1. The number of hydrogen-bond donors (Lipinski definition) is 0. The Hall–Kier alpha value is -1.89. The Morgan fingerprint density at radius 1 is 1.06 bits per heavy atom. The minimum absolute atomic E-state index is 0.148. The number of rotatable bonds is 4. The van der Waals surface area contributed by atoms with Gasteiger partial charge in [-0.2, -0.15) is 0 Å². The fourth-order valence-corrected chi connectivity index (χ4v) is 5.11. The number of fused-ring (bicyclic) bond motifs is 1. The van der Waals surface area contributed by atoms with E-state index in [1.807, 2.05) is 24.3 Å². The van der Waals surface area contributed by atoms with E-state index in [4.69, 9.17) is 23.2 Å². The number of alkyl halides is 2. The number of carbonyl (C=O) groups is 1. The first-order valence-electron chi connectivity index (χ1n) is 10.6. The summed E-state index contributed by atoms with van der Waals surface area (Å²) in [6.45, 7) is 0.891. The molecule has 2 fully saturated rings. The second-order valence-corrected chi connectivity index (χ2v) is 9.46. The molecule has 0 unspecified atom stereocenters. The largest absolute Gasteiger partial charge is 0.365 e. The molecule has 3 aliphatic rings. The molecule has 2 heterocycles. The molecule has 2 aromatic carbocycles. The topological polar surface area (TPSA) is 26.8 Å². The fourth-order valence-electron chi connectivity index (χ4n) is 4.73. The third-order valence-electron chi connectivity index (χ3n) is 6.33. The molecule has 0 aromatic heterocycles. The summed E-state index contributed by atoms with van der Waals surface area (Å²) in [5.41, 5.74) is 2.46. The Morgan fingerprint density at radius 2 is 1.81 bits per heavy atom. The van der Waals surface area contributed by atoms with Crippen molar-refractivity contribution in [2.24, 2.45) is 0 Å². The summed E-state index contributed by atoms with van der Waals surface area (Å²) in [4.78, 5) is 19.1. The average molecular weight is 466 g/mol. The van der Waals surface area contributed by atoms with Crippen molar-refractivity contribution in [3.63, 3.8) is 0 Å². The predicted octanol–water partition coefficient (Wildman–Crippen LogP) is 5.22. The summed E-state index contributed by atoms with van der Waals surface area (Å²) in [6, 6.07) is 12.4. The molecule has 0 N–H and O–H groups in total. The second kappa shape index (κ2) is 7.91. The molecule has 31 heavy (non-hydrogen) atoms. The number of hydrogen-bond acceptors (Lipinski definition) is 3. The van der Waals surface area contributed by atoms with E-state index < -0.39 is 24.9 Å². The lowest BCUT2D eigenvalue weighted by Gasteiger charge is -2.39. The van der Waals surface area contributed by atoms with Crippen LogP contribution in [0.5, 0.6) is 0 Å². The van der Waals surface area contributed by atoms with Gasteiger partial charge in [-0.1, -0.05) is 35.3 Å². The van der Waals surface area contributed by atoms with E-state index >= 15 is 0 Å². The summed E-state index contributed by atoms with van der Waals surface area (Å²) >= 11 is 12.3. The Kier molecular flexibility index (Phi) is 5.35. The van der Waals surface area contributed by atoms with Crippen molar-refractivity contribution in [2.75, 3.05) is 29.4 Å². The van der Waals surface area contributed by atoms with Crippen molar-refractivity contribution in [3.05, 3.63) is 58.1 Å². The number of carbonyl (C=O) groups excluding carboxylic acids is 1. The second-order valence-electron chi connectivity index (χ2n) is 8.62. The van der Waals surface area contributed by atoms with Gasteiger partial charge in [-0.25, -0.2) is 8.78 Å². The summed E-state index contributed by atoms with van der Waals surface area (Å²) in [5, 5.41) is 0.938. The maximum Gasteiger partial charge on any atom is 0.262 e. The molecule has 1 atom stereocenters. The Morgan fingerprint density at radius 3 is 2.55 bits per heavy atom. The molecule has 0 bridgehead atoms. The summed E-state index contributed by atoms with van der Waals surface area (Å²) in [7, 11) is 0. The minimum Gasteiger partial charge on any atom is -0.365 e. The van der Waals surface area contributed by atoms with Crippen LogP contribution in [0.15, 0.2) is 42.5 Å². The first-order valence-corrected chi connectivity index (χ1v) is 11.3. The third-order valence-corrected chi connectivity index (χ3v) is 6.94. The van der Waals surface area contributed by atoms with E-state index in [1.54, 1.807) is 23.1 Å². The minimum atomic E-state index is -2.93. The van der Waals surface area contributed by atoms with Gasteiger partial charge >= 0.3 is 0 Å². The van der Waals surface area contributed by atoms with Gasteiger partial charge in [0.1, 0.15) is 0 Å². The zero-order valence-corrected chi connectivity index (χ0v) is 18.4. The summed E-state index contributed by atoms with van der Waals surface area (Å²) < 4.78 is 28.9. The lowest BCUT2D eigenvalue weighted by atomic mass is 10.1. The van der Waals surface area contributed by atoms with Gasteiger partial charge in [-0.3, -0.25) is 9.69 Å². The van der Waals surface area contributed by atoms with Gasteiger partial charge in [0.15, 0.2) is 0 Å². The maximum absolute atomic E-state index is 14.4. The van der Waals surface area contributed by atoms with E-state index in [0.717, 1.165) is 30.8 Å². The first-order chi connectivity index (χ1) is 14.8. The van der Waals surface area contributed by atoms with E-state index in [1.165, 1.54) is 4.90 Å². The Bertz CT molecular complexity index is 1010. The number of benzene rings is 2. The smallest absolute Gasteiger partial charge is 0.262 e. The van der Waals surface area contributed by atoms with Crippen LogP contribution in [0.25, 0.3) is 0 Å². The van der Waals surface area contributed by atoms with Gasteiger partial charge < -0.3 is 9.80 Å².